The number of hydrogen-bond acceptors (Lipinski definition) is 4. The fraction of sp³-hybridized carbons (Fsp3) is 0.0769. The van der Waals surface area contributed by atoms with E-state index in [1.54, 1.807) is 6.07 Å². The van der Waals surface area contributed by atoms with Crippen molar-refractivity contribution in [3.8, 4) is 5.75 Å². The van der Waals surface area contributed by atoms with Crippen molar-refractivity contribution in [3.05, 3.63) is 109 Å². The molecule has 0 saturated heterocycles. The Morgan fingerprint density at radius 2 is 1.20 bits per heavy atom. The Labute approximate surface area is 177 Å². The molecule has 4 aromatic carbocycles. The topological polar surface area (TPSA) is 47.5 Å². The van der Waals surface area contributed by atoms with Crippen LogP contribution in [-0.4, -0.2) is 11.8 Å². The number of benzene rings is 4. The van der Waals surface area contributed by atoms with Gasteiger partial charge in [-0.25, -0.2) is 0 Å². The Morgan fingerprint density at radius 3 is 1.83 bits per heavy atom. The van der Waals surface area contributed by atoms with Gasteiger partial charge in [0.25, 0.3) is 0 Å². The van der Waals surface area contributed by atoms with E-state index in [2.05, 4.69) is 52.8 Å². The van der Waals surface area contributed by atoms with Gasteiger partial charge in [0.1, 0.15) is 5.75 Å². The maximum atomic E-state index is 10.4. The quantitative estimate of drug-likeness (QED) is 0.242. The van der Waals surface area contributed by atoms with E-state index in [4.69, 9.17) is 0 Å². The zero-order chi connectivity index (χ0) is 20.8. The van der Waals surface area contributed by atoms with Crippen LogP contribution in [0.3, 0.4) is 0 Å². The van der Waals surface area contributed by atoms with Crippen LogP contribution < -0.4 is 15.5 Å². The molecule has 4 heteroatoms. The lowest BCUT2D eigenvalue weighted by atomic mass is 10.1. The molecule has 30 heavy (non-hydrogen) atoms. The Kier molecular flexibility index (Phi) is 5.85. The van der Waals surface area contributed by atoms with Crippen molar-refractivity contribution in [2.24, 2.45) is 0 Å². The molecule has 3 N–H and O–H groups in total. The summed E-state index contributed by atoms with van der Waals surface area (Å²) in [6.45, 7) is 2.57. The van der Waals surface area contributed by atoms with Gasteiger partial charge in [-0.2, -0.15) is 0 Å². The number of aryl methyl sites for hydroxylation is 1. The lowest BCUT2D eigenvalue weighted by molar-refractivity contribution is 0.477. The minimum Gasteiger partial charge on any atom is -0.506 e. The highest BCUT2D eigenvalue weighted by Gasteiger charge is 2.13. The molecule has 0 aromatic heterocycles. The van der Waals surface area contributed by atoms with Gasteiger partial charge in [0, 0.05) is 22.7 Å². The predicted molar refractivity (Wildman–Crippen MR) is 126 cm³/mol. The van der Waals surface area contributed by atoms with E-state index in [-0.39, 0.29) is 5.75 Å². The van der Waals surface area contributed by atoms with Crippen molar-refractivity contribution < 1.29 is 5.11 Å². The molecule has 0 atom stereocenters. The van der Waals surface area contributed by atoms with Gasteiger partial charge in [-0.1, -0.05) is 54.6 Å². The first-order valence-corrected chi connectivity index (χ1v) is 9.99. The summed E-state index contributed by atoms with van der Waals surface area (Å²) < 4.78 is 0. The van der Waals surface area contributed by atoms with E-state index in [0.29, 0.717) is 12.4 Å². The van der Waals surface area contributed by atoms with Crippen LogP contribution in [0.5, 0.6) is 5.75 Å². The maximum absolute atomic E-state index is 10.4. The van der Waals surface area contributed by atoms with Gasteiger partial charge in [-0.15, -0.1) is 0 Å². The minimum atomic E-state index is 0.214. The molecule has 0 saturated carbocycles. The normalized spacial score (nSPS) is 10.4. The Balaban J connectivity index is 1.61. The Hall–Kier alpha value is -3.92. The van der Waals surface area contributed by atoms with Crippen LogP contribution in [-0.2, 0) is 0 Å². The standard InChI is InChI=1S/C26H25N3O/c1-20-10-8-9-15-24(20)27-19-28-25-18-23(16-17-26(25)30)29(21-11-4-2-5-12-21)22-13-6-3-7-14-22/h2-18,27-28,30H,19H2,1H3. The highest BCUT2D eigenvalue weighted by molar-refractivity contribution is 5.79. The second kappa shape index (κ2) is 9.05. The van der Waals surface area contributed by atoms with Crippen LogP contribution in [0.15, 0.2) is 103 Å². The first kappa shape index (κ1) is 19.4. The molecule has 4 nitrogen and oxygen atoms in total. The molecule has 150 valence electrons. The van der Waals surface area contributed by atoms with E-state index in [1.165, 1.54) is 5.56 Å². The number of phenols is 1. The first-order valence-electron chi connectivity index (χ1n) is 9.99. The third kappa shape index (κ3) is 4.39. The van der Waals surface area contributed by atoms with Crippen molar-refractivity contribution >= 4 is 28.4 Å². The van der Waals surface area contributed by atoms with Crippen molar-refractivity contribution in [2.45, 2.75) is 6.92 Å². The van der Waals surface area contributed by atoms with Crippen molar-refractivity contribution in [1.29, 1.82) is 0 Å². The molecular formula is C26H25N3O. The molecule has 0 aliphatic rings. The fourth-order valence-electron chi connectivity index (χ4n) is 3.41. The maximum Gasteiger partial charge on any atom is 0.138 e. The lowest BCUT2D eigenvalue weighted by Gasteiger charge is -2.26. The second-order valence-electron chi connectivity index (χ2n) is 7.05. The van der Waals surface area contributed by atoms with Gasteiger partial charge in [-0.05, 0) is 61.0 Å². The molecule has 4 aromatic rings. The van der Waals surface area contributed by atoms with E-state index >= 15 is 0 Å². The summed E-state index contributed by atoms with van der Waals surface area (Å²) in [6, 6.07) is 34.2. The third-order valence-corrected chi connectivity index (χ3v) is 4.97. The van der Waals surface area contributed by atoms with E-state index < -0.39 is 0 Å². The molecule has 4 rings (SSSR count). The van der Waals surface area contributed by atoms with Gasteiger partial charge in [0.15, 0.2) is 0 Å². The zero-order valence-electron chi connectivity index (χ0n) is 16.9. The molecule has 0 spiro atoms. The number of rotatable bonds is 7. The predicted octanol–water partition coefficient (Wildman–Crippen LogP) is 6.65. The largest absolute Gasteiger partial charge is 0.506 e. The van der Waals surface area contributed by atoms with Crippen LogP contribution in [0.1, 0.15) is 5.56 Å². The number of hydrogen-bond donors (Lipinski definition) is 3. The average molecular weight is 396 g/mol. The van der Waals surface area contributed by atoms with Crippen LogP contribution in [0.2, 0.25) is 0 Å². The van der Waals surface area contributed by atoms with E-state index in [0.717, 1.165) is 22.7 Å². The van der Waals surface area contributed by atoms with Crippen LogP contribution >= 0.6 is 0 Å². The van der Waals surface area contributed by atoms with E-state index in [1.807, 2.05) is 66.7 Å². The summed E-state index contributed by atoms with van der Waals surface area (Å²) in [6.07, 6.45) is 0. The Morgan fingerprint density at radius 1 is 0.633 bits per heavy atom. The van der Waals surface area contributed by atoms with Crippen LogP contribution in [0.25, 0.3) is 0 Å². The molecule has 0 heterocycles. The summed E-state index contributed by atoms with van der Waals surface area (Å²) in [5.74, 6) is 0.214. The van der Waals surface area contributed by atoms with Gasteiger partial charge in [-0.3, -0.25) is 0 Å². The fourth-order valence-corrected chi connectivity index (χ4v) is 3.41. The first-order chi connectivity index (χ1) is 14.7. The monoisotopic (exact) mass is 395 g/mol. The molecule has 0 bridgehead atoms. The lowest BCUT2D eigenvalue weighted by Crippen LogP contribution is -2.14. The number of anilines is 5. The highest BCUT2D eigenvalue weighted by Crippen LogP contribution is 2.37. The number of para-hydroxylation sites is 3. The second-order valence-corrected chi connectivity index (χ2v) is 7.05. The number of nitrogens with zero attached hydrogens (tertiary/aromatic N) is 1. The summed E-state index contributed by atoms with van der Waals surface area (Å²) in [7, 11) is 0. The van der Waals surface area contributed by atoms with E-state index in [9.17, 15) is 5.11 Å². The molecular weight excluding hydrogens is 370 g/mol. The summed E-state index contributed by atoms with van der Waals surface area (Å²) in [5, 5.41) is 17.1. The number of nitrogens with one attached hydrogen (secondary N) is 2. The molecule has 0 aliphatic heterocycles. The molecule has 0 amide bonds. The highest BCUT2D eigenvalue weighted by atomic mass is 16.3. The third-order valence-electron chi connectivity index (χ3n) is 4.97. The van der Waals surface area contributed by atoms with Gasteiger partial charge >= 0.3 is 0 Å². The number of aromatic hydroxyl groups is 1. The summed E-state index contributed by atoms with van der Waals surface area (Å²) in [4.78, 5) is 2.17. The summed E-state index contributed by atoms with van der Waals surface area (Å²) >= 11 is 0. The zero-order valence-corrected chi connectivity index (χ0v) is 16.9. The van der Waals surface area contributed by atoms with Gasteiger partial charge < -0.3 is 20.6 Å². The molecule has 0 unspecified atom stereocenters. The molecule has 0 aliphatic carbocycles. The number of phenolic OH excluding ortho intramolecular Hbond substituents is 1. The van der Waals surface area contributed by atoms with Gasteiger partial charge in [0.05, 0.1) is 12.4 Å². The van der Waals surface area contributed by atoms with Crippen LogP contribution in [0.4, 0.5) is 28.4 Å². The Bertz CT molecular complexity index is 1060. The minimum absolute atomic E-state index is 0.214. The van der Waals surface area contributed by atoms with Crippen molar-refractivity contribution in [2.75, 3.05) is 22.2 Å². The van der Waals surface area contributed by atoms with Crippen molar-refractivity contribution in [3.63, 3.8) is 0 Å². The van der Waals surface area contributed by atoms with Gasteiger partial charge in [0.2, 0.25) is 0 Å². The summed E-state index contributed by atoms with van der Waals surface area (Å²) in [5.41, 5.74) is 5.98. The SMILES string of the molecule is Cc1ccccc1NCNc1cc(N(c2ccccc2)c2ccccc2)ccc1O. The molecule has 0 radical (unpaired) electrons. The molecule has 0 fully saturated rings. The average Bonchev–Trinajstić information content (AvgIpc) is 2.79. The van der Waals surface area contributed by atoms with Crippen LogP contribution in [0, 0.1) is 6.92 Å². The van der Waals surface area contributed by atoms with Crippen molar-refractivity contribution in [1.82, 2.24) is 0 Å². The smallest absolute Gasteiger partial charge is 0.138 e.